The number of hydrogen-bond acceptors (Lipinski definition) is 9. The molecule has 0 aromatic carbocycles. The summed E-state index contributed by atoms with van der Waals surface area (Å²) in [5.74, 6) is 1.78. The van der Waals surface area contributed by atoms with E-state index in [9.17, 15) is 4.79 Å². The zero-order valence-electron chi connectivity index (χ0n) is 32.2. The summed E-state index contributed by atoms with van der Waals surface area (Å²) >= 11 is 0. The van der Waals surface area contributed by atoms with Gasteiger partial charge in [-0.05, 0) is 92.6 Å². The topological polar surface area (TPSA) is 128 Å². The van der Waals surface area contributed by atoms with Gasteiger partial charge in [-0.2, -0.15) is 0 Å². The van der Waals surface area contributed by atoms with Crippen molar-refractivity contribution in [3.8, 4) is 22.5 Å². The molecule has 2 fully saturated rings. The lowest BCUT2D eigenvalue weighted by Crippen LogP contribution is -2.52. The molecule has 4 N–H and O–H groups in total. The van der Waals surface area contributed by atoms with Gasteiger partial charge in [0.05, 0.1) is 28.8 Å². The molecule has 276 valence electrons. The van der Waals surface area contributed by atoms with Crippen LogP contribution in [0.15, 0.2) is 60.9 Å². The number of urea groups is 1. The molecule has 4 bridgehead atoms. The van der Waals surface area contributed by atoms with Gasteiger partial charge in [0.25, 0.3) is 0 Å². The minimum Gasteiger partial charge on any atom is -0.366 e. The van der Waals surface area contributed by atoms with Gasteiger partial charge in [-0.1, -0.05) is 41.5 Å². The summed E-state index contributed by atoms with van der Waals surface area (Å²) in [4.78, 5) is 38.0. The minimum atomic E-state index is -0.0515. The molecule has 11 nitrogen and oxygen atoms in total. The lowest BCUT2D eigenvalue weighted by Gasteiger charge is -2.36. The maximum Gasteiger partial charge on any atom is 0.323 e. The summed E-state index contributed by atoms with van der Waals surface area (Å²) in [5, 5.41) is 6.64. The maximum atomic E-state index is 13.0. The average molecular weight is 705 g/mol. The summed E-state index contributed by atoms with van der Waals surface area (Å²) in [6.07, 6.45) is 5.91. The molecule has 0 unspecified atom stereocenters. The van der Waals surface area contributed by atoms with Crippen molar-refractivity contribution in [3.05, 3.63) is 72.3 Å². The second kappa shape index (κ2) is 15.1. The number of rotatable bonds is 3. The van der Waals surface area contributed by atoms with E-state index in [1.165, 1.54) is 12.1 Å². The van der Waals surface area contributed by atoms with Crippen LogP contribution in [0, 0.1) is 24.7 Å². The van der Waals surface area contributed by atoms with Gasteiger partial charge in [-0.25, -0.2) is 14.8 Å². The molecule has 4 aromatic rings. The van der Waals surface area contributed by atoms with Crippen molar-refractivity contribution in [1.29, 1.82) is 0 Å². The SMILES string of the molecule is CC(C)(C)CN.Cc1ccc(-c2ccc3c(n2)N(C(=O)NCC(C)(C)C)[C@H]2CCN3C2)cn1.Cc1ccc(-c2ccc3c(n2)N[C@H]2CCN3C2)cn1. The van der Waals surface area contributed by atoms with E-state index < -0.39 is 0 Å². The van der Waals surface area contributed by atoms with Crippen molar-refractivity contribution in [2.75, 3.05) is 59.3 Å². The number of nitrogens with one attached hydrogen (secondary N) is 2. The number of anilines is 4. The Morgan fingerprint density at radius 1 is 0.788 bits per heavy atom. The summed E-state index contributed by atoms with van der Waals surface area (Å²) < 4.78 is 0. The second-order valence-electron chi connectivity index (χ2n) is 16.8. The Morgan fingerprint density at radius 2 is 1.37 bits per heavy atom. The fourth-order valence-electron chi connectivity index (χ4n) is 6.56. The van der Waals surface area contributed by atoms with Crippen LogP contribution in [0.1, 0.15) is 65.8 Å². The summed E-state index contributed by atoms with van der Waals surface area (Å²) in [5.41, 5.74) is 13.8. The standard InChI is InChI=1S/C21H27N5O.C15H16N4.C5H13N/c1-14-5-6-15(11-22-14)17-7-8-18-19(24-17)26(16-9-10-25(18)12-16)20(27)23-13-21(2,3)4;1-10-2-3-11(8-16-10)13-4-5-14-15(18-13)17-12-6-7-19(14)9-12;1-5(2,3)4-6/h5-8,11,16H,9-10,12-13H2,1-4H3,(H,23,27);2-5,8,12H,6-7,9H2,1H3,(H,17,18);4,6H2,1-3H3/t16-;12-;/m00./s1. The second-order valence-corrected chi connectivity index (χ2v) is 16.8. The van der Waals surface area contributed by atoms with Crippen LogP contribution in [0.4, 0.5) is 27.8 Å². The van der Waals surface area contributed by atoms with E-state index in [-0.39, 0.29) is 17.5 Å². The van der Waals surface area contributed by atoms with Crippen LogP contribution in [-0.2, 0) is 0 Å². The van der Waals surface area contributed by atoms with Gasteiger partial charge >= 0.3 is 6.03 Å². The fraction of sp³-hybridized carbons (Fsp3) is 0.488. The van der Waals surface area contributed by atoms with E-state index in [0.717, 1.165) is 90.4 Å². The number of hydrogen-bond donors (Lipinski definition) is 3. The van der Waals surface area contributed by atoms with Gasteiger partial charge in [0.2, 0.25) is 0 Å². The number of nitrogens with zero attached hydrogens (tertiary/aromatic N) is 7. The first kappa shape index (κ1) is 37.0. The summed E-state index contributed by atoms with van der Waals surface area (Å²) in [6.45, 7) is 22.2. The first-order valence-electron chi connectivity index (χ1n) is 18.6. The van der Waals surface area contributed by atoms with Crippen molar-refractivity contribution >= 4 is 29.0 Å². The molecule has 0 saturated carbocycles. The van der Waals surface area contributed by atoms with Crippen LogP contribution >= 0.6 is 0 Å². The van der Waals surface area contributed by atoms with Gasteiger partial charge in [-0.3, -0.25) is 14.9 Å². The molecule has 11 heteroatoms. The van der Waals surface area contributed by atoms with E-state index in [1.807, 2.05) is 55.4 Å². The molecule has 0 radical (unpaired) electrons. The van der Waals surface area contributed by atoms with E-state index in [2.05, 4.69) is 96.2 Å². The third-order valence-electron chi connectivity index (χ3n) is 9.71. The maximum absolute atomic E-state index is 13.0. The van der Waals surface area contributed by atoms with Gasteiger partial charge < -0.3 is 26.2 Å². The van der Waals surface area contributed by atoms with Crippen LogP contribution in [-0.4, -0.2) is 77.3 Å². The molecule has 0 spiro atoms. The molecule has 0 aliphatic carbocycles. The minimum absolute atomic E-state index is 0.0405. The lowest BCUT2D eigenvalue weighted by atomic mass is 9.97. The molecule has 52 heavy (non-hydrogen) atoms. The Hall–Kier alpha value is -4.77. The average Bonchev–Trinajstić information content (AvgIpc) is 3.72. The number of aromatic nitrogens is 4. The Labute approximate surface area is 309 Å². The number of carbonyl (C=O) groups excluding carboxylic acids is 1. The monoisotopic (exact) mass is 704 g/mol. The third kappa shape index (κ3) is 8.81. The Bertz CT molecular complexity index is 1850. The van der Waals surface area contributed by atoms with E-state index in [4.69, 9.17) is 15.7 Å². The molecule has 2 saturated heterocycles. The molecule has 2 atom stereocenters. The molecular weight excluding hydrogens is 649 g/mol. The number of fused-ring (bicyclic) bond motifs is 8. The molecule has 8 heterocycles. The van der Waals surface area contributed by atoms with Crippen molar-refractivity contribution in [2.45, 2.75) is 80.3 Å². The smallest absolute Gasteiger partial charge is 0.323 e. The fourth-order valence-corrected chi connectivity index (χ4v) is 6.56. The normalized spacial score (nSPS) is 18.3. The molecule has 2 amide bonds. The number of carbonyl (C=O) groups is 1. The summed E-state index contributed by atoms with van der Waals surface area (Å²) in [6, 6.07) is 17.2. The number of nitrogens with two attached hydrogens (primary N) is 1. The van der Waals surface area contributed by atoms with E-state index in [0.29, 0.717) is 18.0 Å². The van der Waals surface area contributed by atoms with E-state index in [1.54, 1.807) is 0 Å². The van der Waals surface area contributed by atoms with Gasteiger partial charge in [0.1, 0.15) is 0 Å². The van der Waals surface area contributed by atoms with Crippen LogP contribution in [0.5, 0.6) is 0 Å². The predicted octanol–water partition coefficient (Wildman–Crippen LogP) is 7.05. The zero-order chi connectivity index (χ0) is 37.2. The highest BCUT2D eigenvalue weighted by molar-refractivity contribution is 5.97. The number of aryl methyl sites for hydroxylation is 2. The van der Waals surface area contributed by atoms with Gasteiger partial charge in [0, 0.05) is 73.7 Å². The Kier molecular flexibility index (Phi) is 10.7. The predicted molar refractivity (Wildman–Crippen MR) is 213 cm³/mol. The van der Waals surface area contributed by atoms with Crippen LogP contribution in [0.25, 0.3) is 22.5 Å². The van der Waals surface area contributed by atoms with Crippen LogP contribution in [0.2, 0.25) is 0 Å². The quantitative estimate of drug-likeness (QED) is 0.206. The van der Waals surface area contributed by atoms with Gasteiger partial charge in [-0.15, -0.1) is 0 Å². The van der Waals surface area contributed by atoms with Crippen LogP contribution in [0.3, 0.4) is 0 Å². The number of pyridine rings is 4. The first-order valence-corrected chi connectivity index (χ1v) is 18.6. The highest BCUT2D eigenvalue weighted by Crippen LogP contribution is 2.40. The zero-order valence-corrected chi connectivity index (χ0v) is 32.2. The van der Waals surface area contributed by atoms with Crippen molar-refractivity contribution in [1.82, 2.24) is 25.3 Å². The Balaban J connectivity index is 0.000000161. The van der Waals surface area contributed by atoms with E-state index >= 15 is 0 Å². The highest BCUT2D eigenvalue weighted by atomic mass is 16.2. The van der Waals surface area contributed by atoms with Crippen LogP contribution < -0.4 is 31.1 Å². The Morgan fingerprint density at radius 3 is 1.94 bits per heavy atom. The van der Waals surface area contributed by atoms with Crippen molar-refractivity contribution in [2.24, 2.45) is 16.6 Å². The largest absolute Gasteiger partial charge is 0.366 e. The number of amides is 2. The first-order chi connectivity index (χ1) is 24.7. The third-order valence-corrected chi connectivity index (χ3v) is 9.71. The molecule has 4 aliphatic rings. The highest BCUT2D eigenvalue weighted by Gasteiger charge is 2.40. The molecule has 4 aliphatic heterocycles. The van der Waals surface area contributed by atoms with Gasteiger partial charge in [0.15, 0.2) is 11.6 Å². The molecule has 4 aromatic heterocycles. The molecular formula is C41H56N10O. The molecule has 8 rings (SSSR count). The lowest BCUT2D eigenvalue weighted by molar-refractivity contribution is 0.238. The summed E-state index contributed by atoms with van der Waals surface area (Å²) in [7, 11) is 0. The van der Waals surface area contributed by atoms with Crippen molar-refractivity contribution in [3.63, 3.8) is 0 Å². The van der Waals surface area contributed by atoms with Crippen molar-refractivity contribution < 1.29 is 4.79 Å².